The number of amides is 1. The van der Waals surface area contributed by atoms with E-state index in [2.05, 4.69) is 10.6 Å². The third kappa shape index (κ3) is 6.33. The standard InChI is InChI=1S/C20H26N2O3.ClH/c1-15(22-20(23)14-21-12-13-24-2)16-8-10-17(11-9-16)18-6-4-5-7-19(18)25-3;/h4-11,15,21H,12-14H2,1-3H3,(H,22,23);1H. The molecule has 1 amide bonds. The van der Waals surface area contributed by atoms with Gasteiger partial charge in [-0.3, -0.25) is 4.79 Å². The van der Waals surface area contributed by atoms with Gasteiger partial charge in [0, 0.05) is 19.2 Å². The minimum absolute atomic E-state index is 0. The molecule has 2 aromatic rings. The van der Waals surface area contributed by atoms with Crippen LogP contribution in [-0.2, 0) is 9.53 Å². The number of methoxy groups -OCH3 is 2. The molecule has 0 radical (unpaired) electrons. The molecule has 0 spiro atoms. The molecule has 0 bridgehead atoms. The van der Waals surface area contributed by atoms with Crippen LogP contribution in [0.2, 0.25) is 0 Å². The van der Waals surface area contributed by atoms with Gasteiger partial charge in [0.05, 0.1) is 26.3 Å². The average molecular weight is 379 g/mol. The van der Waals surface area contributed by atoms with Gasteiger partial charge in [0.25, 0.3) is 0 Å². The summed E-state index contributed by atoms with van der Waals surface area (Å²) in [7, 11) is 3.31. The lowest BCUT2D eigenvalue weighted by molar-refractivity contribution is -0.120. The van der Waals surface area contributed by atoms with E-state index in [-0.39, 0.29) is 30.9 Å². The van der Waals surface area contributed by atoms with E-state index in [1.165, 1.54) is 0 Å². The van der Waals surface area contributed by atoms with E-state index in [0.29, 0.717) is 13.2 Å². The van der Waals surface area contributed by atoms with Crippen LogP contribution < -0.4 is 15.4 Å². The van der Waals surface area contributed by atoms with Crippen molar-refractivity contribution in [1.29, 1.82) is 0 Å². The average Bonchev–Trinajstić information content (AvgIpc) is 2.65. The van der Waals surface area contributed by atoms with Crippen LogP contribution >= 0.6 is 12.4 Å². The van der Waals surface area contributed by atoms with Crippen LogP contribution in [0.3, 0.4) is 0 Å². The number of para-hydroxylation sites is 1. The highest BCUT2D eigenvalue weighted by Crippen LogP contribution is 2.30. The first kappa shape index (κ1) is 22.0. The van der Waals surface area contributed by atoms with Crippen molar-refractivity contribution in [2.75, 3.05) is 33.9 Å². The third-order valence-corrected chi connectivity index (χ3v) is 3.97. The largest absolute Gasteiger partial charge is 0.496 e. The van der Waals surface area contributed by atoms with Crippen molar-refractivity contribution in [1.82, 2.24) is 10.6 Å². The van der Waals surface area contributed by atoms with Crippen LogP contribution in [0.1, 0.15) is 18.5 Å². The summed E-state index contributed by atoms with van der Waals surface area (Å²) in [4.78, 5) is 11.9. The molecule has 0 aromatic heterocycles. The lowest BCUT2D eigenvalue weighted by Gasteiger charge is -2.16. The maximum atomic E-state index is 11.9. The highest BCUT2D eigenvalue weighted by molar-refractivity contribution is 5.85. The van der Waals surface area contributed by atoms with Gasteiger partial charge in [0.1, 0.15) is 5.75 Å². The molecule has 142 valence electrons. The molecule has 2 rings (SSSR count). The zero-order chi connectivity index (χ0) is 18.1. The molecule has 0 fully saturated rings. The SMILES string of the molecule is COCCNCC(=O)NC(C)c1ccc(-c2ccccc2OC)cc1.Cl. The van der Waals surface area contributed by atoms with Crippen LogP contribution in [0.5, 0.6) is 5.75 Å². The highest BCUT2D eigenvalue weighted by Gasteiger charge is 2.10. The second-order valence-corrected chi connectivity index (χ2v) is 5.78. The lowest BCUT2D eigenvalue weighted by atomic mass is 10.0. The molecule has 2 N–H and O–H groups in total. The van der Waals surface area contributed by atoms with E-state index >= 15 is 0 Å². The van der Waals surface area contributed by atoms with Crippen LogP contribution in [-0.4, -0.2) is 39.8 Å². The van der Waals surface area contributed by atoms with E-state index in [1.54, 1.807) is 14.2 Å². The molecule has 0 saturated carbocycles. The normalized spacial score (nSPS) is 11.3. The van der Waals surface area contributed by atoms with Gasteiger partial charge in [-0.15, -0.1) is 12.4 Å². The third-order valence-electron chi connectivity index (χ3n) is 3.97. The topological polar surface area (TPSA) is 59.6 Å². The number of benzene rings is 2. The molecule has 2 aromatic carbocycles. The Hall–Kier alpha value is -2.08. The van der Waals surface area contributed by atoms with Gasteiger partial charge in [-0.25, -0.2) is 0 Å². The maximum Gasteiger partial charge on any atom is 0.234 e. The van der Waals surface area contributed by atoms with Crippen LogP contribution in [0.25, 0.3) is 11.1 Å². The molecule has 1 unspecified atom stereocenters. The van der Waals surface area contributed by atoms with E-state index in [1.807, 2.05) is 55.5 Å². The van der Waals surface area contributed by atoms with Crippen molar-refractivity contribution in [3.8, 4) is 16.9 Å². The number of carbonyl (C=O) groups excluding carboxylic acids is 1. The Balaban J connectivity index is 0.00000338. The Morgan fingerprint density at radius 3 is 2.42 bits per heavy atom. The number of rotatable bonds is 9. The van der Waals surface area contributed by atoms with E-state index in [9.17, 15) is 4.79 Å². The van der Waals surface area contributed by atoms with Gasteiger partial charge in [-0.1, -0.05) is 42.5 Å². The Morgan fingerprint density at radius 2 is 1.77 bits per heavy atom. The second kappa shape index (κ2) is 11.5. The molecule has 0 heterocycles. The van der Waals surface area contributed by atoms with Crippen molar-refractivity contribution in [2.24, 2.45) is 0 Å². The van der Waals surface area contributed by atoms with Gasteiger partial charge in [-0.05, 0) is 24.1 Å². The second-order valence-electron chi connectivity index (χ2n) is 5.78. The minimum atomic E-state index is -0.0524. The Bertz CT molecular complexity index is 677. The molecule has 1 atom stereocenters. The Labute approximate surface area is 161 Å². The summed E-state index contributed by atoms with van der Waals surface area (Å²) in [5.74, 6) is 0.816. The molecule has 0 aliphatic carbocycles. The Kier molecular flexibility index (Phi) is 9.73. The molecule has 0 aliphatic rings. The summed E-state index contributed by atoms with van der Waals surface area (Å²) in [6.07, 6.45) is 0. The van der Waals surface area contributed by atoms with Crippen molar-refractivity contribution in [3.05, 3.63) is 54.1 Å². The van der Waals surface area contributed by atoms with Crippen LogP contribution in [0, 0.1) is 0 Å². The van der Waals surface area contributed by atoms with Crippen LogP contribution in [0.4, 0.5) is 0 Å². The summed E-state index contributed by atoms with van der Waals surface area (Å²) in [6, 6.07) is 16.0. The summed E-state index contributed by atoms with van der Waals surface area (Å²) >= 11 is 0. The number of nitrogens with one attached hydrogen (secondary N) is 2. The molecule has 6 heteroatoms. The first-order valence-corrected chi connectivity index (χ1v) is 8.38. The van der Waals surface area contributed by atoms with Crippen LogP contribution in [0.15, 0.2) is 48.5 Å². The molecular weight excluding hydrogens is 352 g/mol. The number of hydrogen-bond acceptors (Lipinski definition) is 4. The first-order valence-electron chi connectivity index (χ1n) is 8.38. The Morgan fingerprint density at radius 1 is 1.08 bits per heavy atom. The van der Waals surface area contributed by atoms with Gasteiger partial charge in [0.2, 0.25) is 5.91 Å². The zero-order valence-electron chi connectivity index (χ0n) is 15.5. The van der Waals surface area contributed by atoms with E-state index in [4.69, 9.17) is 9.47 Å². The smallest absolute Gasteiger partial charge is 0.234 e. The molecule has 0 aliphatic heterocycles. The number of carbonyl (C=O) groups is 1. The monoisotopic (exact) mass is 378 g/mol. The minimum Gasteiger partial charge on any atom is -0.496 e. The number of halogens is 1. The molecule has 0 saturated heterocycles. The van der Waals surface area contributed by atoms with Gasteiger partial charge in [-0.2, -0.15) is 0 Å². The van der Waals surface area contributed by atoms with E-state index < -0.39 is 0 Å². The van der Waals surface area contributed by atoms with Gasteiger partial charge in [0.15, 0.2) is 0 Å². The highest BCUT2D eigenvalue weighted by atomic mass is 35.5. The quantitative estimate of drug-likeness (QED) is 0.658. The summed E-state index contributed by atoms with van der Waals surface area (Å²) in [5.41, 5.74) is 3.19. The maximum absolute atomic E-state index is 11.9. The lowest BCUT2D eigenvalue weighted by Crippen LogP contribution is -2.36. The predicted molar refractivity (Wildman–Crippen MR) is 107 cm³/mol. The fourth-order valence-corrected chi connectivity index (χ4v) is 2.59. The van der Waals surface area contributed by atoms with Crippen molar-refractivity contribution >= 4 is 18.3 Å². The molecular formula is C20H27ClN2O3. The fraction of sp³-hybridized carbons (Fsp3) is 0.350. The number of ether oxygens (including phenoxy) is 2. The predicted octanol–water partition coefficient (Wildman–Crippen LogP) is 3.20. The summed E-state index contributed by atoms with van der Waals surface area (Å²) in [5, 5.41) is 6.02. The fourth-order valence-electron chi connectivity index (χ4n) is 2.59. The zero-order valence-corrected chi connectivity index (χ0v) is 16.3. The van der Waals surface area contributed by atoms with Crippen molar-refractivity contribution < 1.29 is 14.3 Å². The van der Waals surface area contributed by atoms with E-state index in [0.717, 1.165) is 22.4 Å². The number of hydrogen-bond donors (Lipinski definition) is 2. The summed E-state index contributed by atoms with van der Waals surface area (Å²) < 4.78 is 10.3. The molecule has 26 heavy (non-hydrogen) atoms. The first-order chi connectivity index (χ1) is 12.2. The van der Waals surface area contributed by atoms with Gasteiger partial charge >= 0.3 is 0 Å². The van der Waals surface area contributed by atoms with Crippen molar-refractivity contribution in [3.63, 3.8) is 0 Å². The molecule has 5 nitrogen and oxygen atoms in total. The van der Waals surface area contributed by atoms with Gasteiger partial charge < -0.3 is 20.1 Å². The van der Waals surface area contributed by atoms with Crippen molar-refractivity contribution in [2.45, 2.75) is 13.0 Å². The summed E-state index contributed by atoms with van der Waals surface area (Å²) in [6.45, 7) is 3.51.